The van der Waals surface area contributed by atoms with E-state index in [1.807, 2.05) is 0 Å². The van der Waals surface area contributed by atoms with E-state index >= 15 is 0 Å². The van der Waals surface area contributed by atoms with Gasteiger partial charge >= 0.3 is 0 Å². The van der Waals surface area contributed by atoms with Gasteiger partial charge < -0.3 is 10.3 Å². The van der Waals surface area contributed by atoms with Crippen LogP contribution in [0.3, 0.4) is 0 Å². The number of aromatic nitrogens is 2. The Morgan fingerprint density at radius 1 is 1.31 bits per heavy atom. The first-order valence-electron chi connectivity index (χ1n) is 5.32. The second-order valence-electron chi connectivity index (χ2n) is 4.05. The predicted molar refractivity (Wildman–Crippen MR) is 56.0 cm³/mol. The number of aromatic amines is 1. The molecule has 0 saturated carbocycles. The minimum atomic E-state index is -0.615. The third kappa shape index (κ3) is 1.48. The Hall–Kier alpha value is -1.49. The zero-order valence-corrected chi connectivity index (χ0v) is 8.56. The Bertz CT molecular complexity index is 529. The molecule has 0 aliphatic carbocycles. The molecule has 2 N–H and O–H groups in total. The number of nitrogens with one attached hydrogen (secondary N) is 2. The lowest BCUT2D eigenvalue weighted by Crippen LogP contribution is -2.14. The fourth-order valence-electron chi connectivity index (χ4n) is 2.14. The Balaban J connectivity index is 2.11. The maximum atomic E-state index is 13.4. The van der Waals surface area contributed by atoms with E-state index in [4.69, 9.17) is 0 Å². The summed E-state index contributed by atoms with van der Waals surface area (Å²) in [4.78, 5) is 7.14. The Morgan fingerprint density at radius 2 is 2.19 bits per heavy atom. The summed E-state index contributed by atoms with van der Waals surface area (Å²) >= 11 is 0. The van der Waals surface area contributed by atoms with Crippen molar-refractivity contribution in [3.8, 4) is 0 Å². The molecule has 1 aromatic carbocycles. The van der Waals surface area contributed by atoms with Gasteiger partial charge in [0, 0.05) is 6.07 Å². The van der Waals surface area contributed by atoms with Crippen LogP contribution in [0.15, 0.2) is 12.1 Å². The molecule has 1 aliphatic heterocycles. The molecule has 1 fully saturated rings. The molecule has 3 rings (SSSR count). The highest BCUT2D eigenvalue weighted by Crippen LogP contribution is 2.24. The van der Waals surface area contributed by atoms with Gasteiger partial charge in [-0.1, -0.05) is 0 Å². The van der Waals surface area contributed by atoms with Crippen molar-refractivity contribution in [2.45, 2.75) is 18.9 Å². The standard InChI is InChI=1S/C11H11F2N3/c12-6-4-7(13)10-9(5-6)15-11(16-10)8-2-1-3-14-8/h4-5,8,14H,1-3H2,(H,15,16)/t8-/m1/s1. The SMILES string of the molecule is Fc1cc(F)c2nc([C@H]3CCCN3)[nH]c2c1. The molecule has 1 aliphatic rings. The van der Waals surface area contributed by atoms with Gasteiger partial charge in [-0.05, 0) is 25.5 Å². The lowest BCUT2D eigenvalue weighted by molar-refractivity contribution is 0.590. The van der Waals surface area contributed by atoms with Gasteiger partial charge in [-0.3, -0.25) is 0 Å². The number of hydrogen-bond donors (Lipinski definition) is 2. The van der Waals surface area contributed by atoms with Gasteiger partial charge in [0.25, 0.3) is 0 Å². The van der Waals surface area contributed by atoms with Gasteiger partial charge in [-0.2, -0.15) is 0 Å². The van der Waals surface area contributed by atoms with Gasteiger partial charge in [0.2, 0.25) is 0 Å². The van der Waals surface area contributed by atoms with Crippen LogP contribution in [0.25, 0.3) is 11.0 Å². The molecule has 0 bridgehead atoms. The third-order valence-electron chi connectivity index (χ3n) is 2.91. The van der Waals surface area contributed by atoms with E-state index in [9.17, 15) is 8.78 Å². The monoisotopic (exact) mass is 223 g/mol. The highest BCUT2D eigenvalue weighted by molar-refractivity contribution is 5.75. The largest absolute Gasteiger partial charge is 0.340 e. The van der Waals surface area contributed by atoms with Gasteiger partial charge in [-0.25, -0.2) is 13.8 Å². The zero-order chi connectivity index (χ0) is 11.1. The molecule has 1 saturated heterocycles. The van der Waals surface area contributed by atoms with E-state index in [2.05, 4.69) is 15.3 Å². The molecule has 2 aromatic rings. The minimum Gasteiger partial charge on any atom is -0.340 e. The smallest absolute Gasteiger partial charge is 0.153 e. The number of rotatable bonds is 1. The molecule has 0 spiro atoms. The van der Waals surface area contributed by atoms with Crippen LogP contribution in [0.2, 0.25) is 0 Å². The third-order valence-corrected chi connectivity index (χ3v) is 2.91. The van der Waals surface area contributed by atoms with Crippen molar-refractivity contribution in [2.75, 3.05) is 6.54 Å². The van der Waals surface area contributed by atoms with Crippen LogP contribution in [-0.2, 0) is 0 Å². The van der Waals surface area contributed by atoms with E-state index in [0.717, 1.165) is 25.5 Å². The van der Waals surface area contributed by atoms with Crippen molar-refractivity contribution >= 4 is 11.0 Å². The van der Waals surface area contributed by atoms with Crippen LogP contribution >= 0.6 is 0 Å². The first kappa shape index (κ1) is 9.72. The number of H-pyrrole nitrogens is 1. The number of halogens is 2. The fourth-order valence-corrected chi connectivity index (χ4v) is 2.14. The Labute approximate surface area is 90.9 Å². The molecule has 2 heterocycles. The second-order valence-corrected chi connectivity index (χ2v) is 4.05. The molecular weight excluding hydrogens is 212 g/mol. The lowest BCUT2D eigenvalue weighted by atomic mass is 10.2. The van der Waals surface area contributed by atoms with Gasteiger partial charge in [0.05, 0.1) is 11.6 Å². The molecule has 0 radical (unpaired) electrons. The van der Waals surface area contributed by atoms with Crippen molar-refractivity contribution in [3.63, 3.8) is 0 Å². The molecule has 0 unspecified atom stereocenters. The number of benzene rings is 1. The molecular formula is C11H11F2N3. The maximum Gasteiger partial charge on any atom is 0.153 e. The highest BCUT2D eigenvalue weighted by atomic mass is 19.1. The lowest BCUT2D eigenvalue weighted by Gasteiger charge is -2.04. The average Bonchev–Trinajstić information content (AvgIpc) is 2.82. The molecule has 0 amide bonds. The minimum absolute atomic E-state index is 0.134. The summed E-state index contributed by atoms with van der Waals surface area (Å²) < 4.78 is 26.4. The van der Waals surface area contributed by atoms with E-state index in [-0.39, 0.29) is 11.6 Å². The number of imidazole rings is 1. The van der Waals surface area contributed by atoms with Crippen LogP contribution in [-0.4, -0.2) is 16.5 Å². The summed E-state index contributed by atoms with van der Waals surface area (Å²) in [6, 6.07) is 2.26. The van der Waals surface area contributed by atoms with E-state index < -0.39 is 11.6 Å². The van der Waals surface area contributed by atoms with Crippen LogP contribution in [0, 0.1) is 11.6 Å². The van der Waals surface area contributed by atoms with E-state index in [1.54, 1.807) is 0 Å². The molecule has 5 heteroatoms. The summed E-state index contributed by atoms with van der Waals surface area (Å²) in [5.41, 5.74) is 0.631. The van der Waals surface area contributed by atoms with Crippen molar-refractivity contribution in [3.05, 3.63) is 29.6 Å². The summed E-state index contributed by atoms with van der Waals surface area (Å²) in [6.07, 6.45) is 2.06. The Morgan fingerprint density at radius 3 is 2.94 bits per heavy atom. The molecule has 3 nitrogen and oxygen atoms in total. The quantitative estimate of drug-likeness (QED) is 0.778. The fraction of sp³-hybridized carbons (Fsp3) is 0.364. The summed E-state index contributed by atoms with van der Waals surface area (Å²) in [6.45, 7) is 0.943. The first-order valence-corrected chi connectivity index (χ1v) is 5.32. The number of hydrogen-bond acceptors (Lipinski definition) is 2. The highest BCUT2D eigenvalue weighted by Gasteiger charge is 2.20. The number of fused-ring (bicyclic) bond motifs is 1. The molecule has 16 heavy (non-hydrogen) atoms. The van der Waals surface area contributed by atoms with Crippen LogP contribution in [0.5, 0.6) is 0 Å². The normalized spacial score (nSPS) is 20.8. The van der Waals surface area contributed by atoms with E-state index in [1.165, 1.54) is 6.07 Å². The predicted octanol–water partition coefficient (Wildman–Crippen LogP) is 2.27. The van der Waals surface area contributed by atoms with Crippen LogP contribution in [0.4, 0.5) is 8.78 Å². The van der Waals surface area contributed by atoms with Gasteiger partial charge in [0.15, 0.2) is 5.82 Å². The summed E-state index contributed by atoms with van der Waals surface area (Å²) in [5, 5.41) is 3.26. The average molecular weight is 223 g/mol. The van der Waals surface area contributed by atoms with Crippen LogP contribution < -0.4 is 5.32 Å². The Kier molecular flexibility index (Phi) is 2.14. The van der Waals surface area contributed by atoms with Crippen molar-refractivity contribution < 1.29 is 8.78 Å². The zero-order valence-electron chi connectivity index (χ0n) is 8.56. The van der Waals surface area contributed by atoms with Gasteiger partial charge in [0.1, 0.15) is 17.2 Å². The number of nitrogens with zero attached hydrogens (tertiary/aromatic N) is 1. The molecule has 1 aromatic heterocycles. The maximum absolute atomic E-state index is 13.4. The summed E-state index contributed by atoms with van der Waals surface area (Å²) in [7, 11) is 0. The first-order chi connectivity index (χ1) is 7.74. The van der Waals surface area contributed by atoms with Crippen molar-refractivity contribution in [1.82, 2.24) is 15.3 Å². The van der Waals surface area contributed by atoms with Gasteiger partial charge in [-0.15, -0.1) is 0 Å². The molecule has 1 atom stereocenters. The van der Waals surface area contributed by atoms with Crippen molar-refractivity contribution in [2.24, 2.45) is 0 Å². The van der Waals surface area contributed by atoms with E-state index in [0.29, 0.717) is 11.3 Å². The van der Waals surface area contributed by atoms with Crippen LogP contribution in [0.1, 0.15) is 24.7 Å². The summed E-state index contributed by atoms with van der Waals surface area (Å²) in [5.74, 6) is -0.507. The second kappa shape index (κ2) is 3.52. The van der Waals surface area contributed by atoms with Crippen molar-refractivity contribution in [1.29, 1.82) is 0 Å². The molecule has 84 valence electrons. The topological polar surface area (TPSA) is 40.7 Å².